The van der Waals surface area contributed by atoms with Crippen LogP contribution >= 0.6 is 11.3 Å². The minimum absolute atomic E-state index is 0.190. The van der Waals surface area contributed by atoms with Crippen molar-refractivity contribution >= 4 is 22.4 Å². The first-order valence-corrected chi connectivity index (χ1v) is 10.1. The van der Waals surface area contributed by atoms with E-state index in [4.69, 9.17) is 8.94 Å². The lowest BCUT2D eigenvalue weighted by Crippen LogP contribution is -2.29. The number of nitrogens with zero attached hydrogens (tertiary/aromatic N) is 3. The summed E-state index contributed by atoms with van der Waals surface area (Å²) in [5.41, 5.74) is 2.55. The van der Waals surface area contributed by atoms with Gasteiger partial charge in [-0.3, -0.25) is 15.0 Å². The number of carbonyl (C=O) groups excluding carboxylic acids is 1. The molecular weight excluding hydrogens is 388 g/mol. The van der Waals surface area contributed by atoms with Crippen molar-refractivity contribution in [2.45, 2.75) is 19.5 Å². The lowest BCUT2D eigenvalue weighted by atomic mass is 10.1. The van der Waals surface area contributed by atoms with Crippen LogP contribution in [0.1, 0.15) is 26.6 Å². The average molecular weight is 406 g/mol. The zero-order valence-electron chi connectivity index (χ0n) is 15.5. The number of benzene rings is 1. The molecule has 1 aliphatic rings. The van der Waals surface area contributed by atoms with Crippen molar-refractivity contribution in [1.82, 2.24) is 15.0 Å². The Bertz CT molecular complexity index is 1120. The first-order valence-electron chi connectivity index (χ1n) is 9.31. The lowest BCUT2D eigenvalue weighted by Gasteiger charge is -2.25. The van der Waals surface area contributed by atoms with E-state index in [0.717, 1.165) is 31.7 Å². The zero-order chi connectivity index (χ0) is 19.6. The summed E-state index contributed by atoms with van der Waals surface area (Å²) in [7, 11) is 0. The molecule has 5 rings (SSSR count). The molecule has 0 aliphatic carbocycles. The van der Waals surface area contributed by atoms with Gasteiger partial charge in [0, 0.05) is 37.0 Å². The van der Waals surface area contributed by atoms with Crippen molar-refractivity contribution in [3.8, 4) is 11.5 Å². The number of aromatic nitrogens is 2. The van der Waals surface area contributed by atoms with Crippen LogP contribution in [-0.4, -0.2) is 27.5 Å². The molecule has 0 radical (unpaired) electrons. The predicted octanol–water partition coefficient (Wildman–Crippen LogP) is 4.20. The Kier molecular flexibility index (Phi) is 4.71. The molecular formula is C21H18N4O3S. The SMILES string of the molecule is O=C(Nc1nc2c(s1)CN(Cc1ccccc1)CC2)c1cc(-c2ccco2)on1. The van der Waals surface area contributed by atoms with E-state index >= 15 is 0 Å². The Hall–Kier alpha value is -3.23. The number of furan rings is 1. The van der Waals surface area contributed by atoms with E-state index in [1.165, 1.54) is 21.8 Å². The molecule has 0 unspecified atom stereocenters. The van der Waals surface area contributed by atoms with Crippen LogP contribution in [-0.2, 0) is 19.5 Å². The summed E-state index contributed by atoms with van der Waals surface area (Å²) in [4.78, 5) is 20.7. The van der Waals surface area contributed by atoms with Crippen molar-refractivity contribution in [3.05, 3.63) is 76.6 Å². The molecule has 0 saturated heterocycles. The van der Waals surface area contributed by atoms with Crippen LogP contribution in [0, 0.1) is 0 Å². The number of thiazole rings is 1. The molecule has 0 spiro atoms. The van der Waals surface area contributed by atoms with Gasteiger partial charge in [-0.15, -0.1) is 11.3 Å². The summed E-state index contributed by atoms with van der Waals surface area (Å²) in [5, 5.41) is 7.25. The first-order chi connectivity index (χ1) is 14.2. The van der Waals surface area contributed by atoms with Gasteiger partial charge in [0.05, 0.1) is 12.0 Å². The van der Waals surface area contributed by atoms with E-state index in [1.807, 2.05) is 6.07 Å². The second-order valence-corrected chi connectivity index (χ2v) is 7.93. The van der Waals surface area contributed by atoms with Crippen molar-refractivity contribution in [1.29, 1.82) is 0 Å². The molecule has 7 nitrogen and oxygen atoms in total. The average Bonchev–Trinajstić information content (AvgIpc) is 3.48. The van der Waals surface area contributed by atoms with E-state index in [1.54, 1.807) is 24.5 Å². The summed E-state index contributed by atoms with van der Waals surface area (Å²) in [6.45, 7) is 2.70. The molecule has 3 aromatic heterocycles. The largest absolute Gasteiger partial charge is 0.461 e. The molecule has 29 heavy (non-hydrogen) atoms. The molecule has 146 valence electrons. The fourth-order valence-electron chi connectivity index (χ4n) is 3.36. The van der Waals surface area contributed by atoms with E-state index in [0.29, 0.717) is 16.7 Å². The minimum Gasteiger partial charge on any atom is -0.461 e. The molecule has 0 bridgehead atoms. The number of anilines is 1. The Balaban J connectivity index is 1.25. The predicted molar refractivity (Wildman–Crippen MR) is 109 cm³/mol. The Morgan fingerprint density at radius 2 is 2.07 bits per heavy atom. The molecule has 1 aromatic carbocycles. The number of hydrogen-bond donors (Lipinski definition) is 1. The van der Waals surface area contributed by atoms with E-state index in [2.05, 4.69) is 44.6 Å². The summed E-state index contributed by atoms with van der Waals surface area (Å²) in [5.74, 6) is 0.591. The second-order valence-electron chi connectivity index (χ2n) is 6.84. The third-order valence-corrected chi connectivity index (χ3v) is 5.78. The summed E-state index contributed by atoms with van der Waals surface area (Å²) in [6.07, 6.45) is 2.42. The maximum Gasteiger partial charge on any atom is 0.279 e. The van der Waals surface area contributed by atoms with Gasteiger partial charge >= 0.3 is 0 Å². The standard InChI is InChI=1S/C21H18N4O3S/c26-20(16-11-18(28-24-16)17-7-4-10-27-17)23-21-22-15-8-9-25(13-19(15)29-21)12-14-5-2-1-3-6-14/h1-7,10-11H,8-9,12-13H2,(H,22,23,26). The van der Waals surface area contributed by atoms with Gasteiger partial charge in [0.25, 0.3) is 5.91 Å². The molecule has 0 atom stereocenters. The van der Waals surface area contributed by atoms with Gasteiger partial charge < -0.3 is 8.94 Å². The fourth-order valence-corrected chi connectivity index (χ4v) is 4.40. The highest BCUT2D eigenvalue weighted by Crippen LogP contribution is 2.29. The Morgan fingerprint density at radius 1 is 1.17 bits per heavy atom. The summed E-state index contributed by atoms with van der Waals surface area (Å²) in [6, 6.07) is 15.5. The topological polar surface area (TPSA) is 84.4 Å². The maximum atomic E-state index is 12.5. The van der Waals surface area contributed by atoms with Crippen LogP contribution in [0.2, 0.25) is 0 Å². The molecule has 1 N–H and O–H groups in total. The van der Waals surface area contributed by atoms with Crippen LogP contribution < -0.4 is 5.32 Å². The van der Waals surface area contributed by atoms with Crippen LogP contribution in [0.15, 0.2) is 63.7 Å². The van der Waals surface area contributed by atoms with Crippen LogP contribution in [0.3, 0.4) is 0 Å². The third-order valence-electron chi connectivity index (χ3n) is 4.79. The number of carbonyl (C=O) groups is 1. The number of hydrogen-bond acceptors (Lipinski definition) is 7. The highest BCUT2D eigenvalue weighted by molar-refractivity contribution is 7.15. The monoisotopic (exact) mass is 406 g/mol. The Morgan fingerprint density at radius 3 is 2.90 bits per heavy atom. The summed E-state index contributed by atoms with van der Waals surface area (Å²) < 4.78 is 10.4. The molecule has 1 amide bonds. The first kappa shape index (κ1) is 17.8. The molecule has 4 heterocycles. The quantitative estimate of drug-likeness (QED) is 0.535. The van der Waals surface area contributed by atoms with Gasteiger partial charge in [-0.1, -0.05) is 35.5 Å². The molecule has 1 aliphatic heterocycles. The summed E-state index contributed by atoms with van der Waals surface area (Å²) >= 11 is 1.52. The molecule has 8 heteroatoms. The van der Waals surface area contributed by atoms with Gasteiger partial charge in [-0.25, -0.2) is 4.98 Å². The normalized spacial score (nSPS) is 13.9. The van der Waals surface area contributed by atoms with Crippen molar-refractivity contribution in [2.75, 3.05) is 11.9 Å². The number of rotatable bonds is 5. The van der Waals surface area contributed by atoms with E-state index in [-0.39, 0.29) is 11.6 Å². The number of amides is 1. The van der Waals surface area contributed by atoms with Crippen molar-refractivity contribution in [2.24, 2.45) is 0 Å². The third kappa shape index (κ3) is 3.85. The van der Waals surface area contributed by atoms with Gasteiger partial charge in [0.15, 0.2) is 16.6 Å². The van der Waals surface area contributed by atoms with Crippen LogP contribution in [0.5, 0.6) is 0 Å². The molecule has 0 saturated carbocycles. The fraction of sp³-hybridized carbons (Fsp3) is 0.190. The van der Waals surface area contributed by atoms with Gasteiger partial charge in [0.2, 0.25) is 5.76 Å². The van der Waals surface area contributed by atoms with Crippen molar-refractivity contribution in [3.63, 3.8) is 0 Å². The molecule has 0 fully saturated rings. The van der Waals surface area contributed by atoms with Gasteiger partial charge in [-0.2, -0.15) is 0 Å². The lowest BCUT2D eigenvalue weighted by molar-refractivity contribution is 0.101. The maximum absolute atomic E-state index is 12.5. The number of nitrogens with one attached hydrogen (secondary N) is 1. The molecule has 4 aromatic rings. The zero-order valence-corrected chi connectivity index (χ0v) is 16.3. The van der Waals surface area contributed by atoms with Crippen LogP contribution in [0.4, 0.5) is 5.13 Å². The van der Waals surface area contributed by atoms with Crippen LogP contribution in [0.25, 0.3) is 11.5 Å². The second kappa shape index (κ2) is 7.65. The highest BCUT2D eigenvalue weighted by atomic mass is 32.1. The van der Waals surface area contributed by atoms with E-state index < -0.39 is 0 Å². The van der Waals surface area contributed by atoms with Gasteiger partial charge in [0.1, 0.15) is 0 Å². The highest BCUT2D eigenvalue weighted by Gasteiger charge is 2.22. The van der Waals surface area contributed by atoms with Gasteiger partial charge in [-0.05, 0) is 17.7 Å². The van der Waals surface area contributed by atoms with Crippen molar-refractivity contribution < 1.29 is 13.7 Å². The smallest absolute Gasteiger partial charge is 0.279 e. The Labute approximate surface area is 171 Å². The van der Waals surface area contributed by atoms with E-state index in [9.17, 15) is 4.79 Å². The minimum atomic E-state index is -0.348. The number of fused-ring (bicyclic) bond motifs is 1.